The van der Waals surface area contributed by atoms with Gasteiger partial charge in [0.15, 0.2) is 5.76 Å². The number of hydrogen-bond acceptors (Lipinski definition) is 7. The van der Waals surface area contributed by atoms with Crippen LogP contribution in [0, 0.1) is 0 Å². The second-order valence-electron chi connectivity index (χ2n) is 12.1. The van der Waals surface area contributed by atoms with Gasteiger partial charge in [0.2, 0.25) is 0 Å². The lowest BCUT2D eigenvalue weighted by Gasteiger charge is -2.38. The van der Waals surface area contributed by atoms with Crippen molar-refractivity contribution in [3.8, 4) is 17.2 Å². The molecule has 44 heavy (non-hydrogen) atoms. The first-order valence-corrected chi connectivity index (χ1v) is 17.5. The second-order valence-corrected chi connectivity index (χ2v) is 15.7. The molecule has 1 amide bonds. The molecule has 2 unspecified atom stereocenters. The van der Waals surface area contributed by atoms with Gasteiger partial charge in [-0.1, -0.05) is 38.4 Å². The largest absolute Gasteiger partial charge is 0.497 e. The molecule has 236 valence electrons. The minimum atomic E-state index is -2.37. The van der Waals surface area contributed by atoms with Gasteiger partial charge in [-0.25, -0.2) is 4.79 Å². The van der Waals surface area contributed by atoms with E-state index in [2.05, 4.69) is 27.8 Å². The number of rotatable bonds is 8. The first-order valence-electron chi connectivity index (χ1n) is 14.7. The Balaban J connectivity index is 1.25. The van der Waals surface area contributed by atoms with Gasteiger partial charge in [0, 0.05) is 47.2 Å². The number of ether oxygens (including phenoxy) is 4. The molecule has 0 saturated carbocycles. The van der Waals surface area contributed by atoms with Crippen molar-refractivity contribution in [2.75, 3.05) is 46.2 Å². The van der Waals surface area contributed by atoms with E-state index in [0.717, 1.165) is 44.2 Å². The minimum absolute atomic E-state index is 0.183. The molecule has 2 aliphatic rings. The molecule has 2 aliphatic heterocycles. The number of methoxy groups -OCH3 is 1. The zero-order valence-electron chi connectivity index (χ0n) is 26.1. The number of nitrogens with zero attached hydrogens (tertiary/aromatic N) is 2. The van der Waals surface area contributed by atoms with E-state index in [4.69, 9.17) is 18.9 Å². The van der Waals surface area contributed by atoms with Gasteiger partial charge in [-0.3, -0.25) is 4.90 Å². The summed E-state index contributed by atoms with van der Waals surface area (Å²) >= 11 is 3.51. The molecule has 1 saturated heterocycles. The number of piperazine rings is 1. The average molecular weight is 686 g/mol. The third kappa shape index (κ3) is 7.20. The van der Waals surface area contributed by atoms with E-state index in [-0.39, 0.29) is 12.1 Å². The molecule has 3 aromatic rings. The van der Waals surface area contributed by atoms with E-state index < -0.39 is 15.9 Å². The summed E-state index contributed by atoms with van der Waals surface area (Å²) in [6, 6.07) is 21.4. The van der Waals surface area contributed by atoms with Crippen LogP contribution in [0.1, 0.15) is 38.8 Å². The highest BCUT2D eigenvalue weighted by atomic mass is 79.9. The van der Waals surface area contributed by atoms with E-state index in [1.54, 1.807) is 12.0 Å². The van der Waals surface area contributed by atoms with E-state index >= 15 is 0 Å². The zero-order chi connectivity index (χ0) is 31.6. The smallest absolute Gasteiger partial charge is 0.410 e. The lowest BCUT2D eigenvalue weighted by Crippen LogP contribution is -2.53. The maximum Gasteiger partial charge on any atom is 0.410 e. The number of halogens is 1. The van der Waals surface area contributed by atoms with Crippen molar-refractivity contribution in [1.82, 2.24) is 9.80 Å². The van der Waals surface area contributed by atoms with Crippen molar-refractivity contribution in [2.24, 2.45) is 0 Å². The molecule has 1 N–H and O–H groups in total. The molecular formula is C34H41BrN2O6S. The Morgan fingerprint density at radius 3 is 2.18 bits per heavy atom. The van der Waals surface area contributed by atoms with Crippen LogP contribution in [-0.4, -0.2) is 78.2 Å². The Bertz CT molecular complexity index is 1510. The summed E-state index contributed by atoms with van der Waals surface area (Å²) in [5.41, 5.74) is 1.26. The summed E-state index contributed by atoms with van der Waals surface area (Å²) in [5.74, 6) is 2.71. The standard InChI is InChI=1S/C34H41BrN2O6S/c1-23(36-17-19-37(20-18-36)33(38)43-34(2,3)4)22-41-26-11-13-27(14-12-26)42-31-29-16-15-28(40-5)21-30(29)44(6,39)32(31)24-7-9-25(35)10-8-24/h7-16,21,23,39H,17-20,22H2,1-6H3. The van der Waals surface area contributed by atoms with Crippen LogP contribution in [-0.2, 0) is 4.74 Å². The van der Waals surface area contributed by atoms with Crippen LogP contribution in [0.4, 0.5) is 4.79 Å². The monoisotopic (exact) mass is 684 g/mol. The van der Waals surface area contributed by atoms with Gasteiger partial charge < -0.3 is 28.4 Å². The molecule has 3 aromatic carbocycles. The van der Waals surface area contributed by atoms with E-state index in [1.807, 2.05) is 93.8 Å². The Hall–Kier alpha value is -3.18. The van der Waals surface area contributed by atoms with Gasteiger partial charge in [0.1, 0.15) is 29.5 Å². The van der Waals surface area contributed by atoms with Crippen LogP contribution in [0.5, 0.6) is 17.2 Å². The third-order valence-electron chi connectivity index (χ3n) is 7.70. The summed E-state index contributed by atoms with van der Waals surface area (Å²) in [7, 11) is -0.743. The van der Waals surface area contributed by atoms with Gasteiger partial charge >= 0.3 is 6.09 Å². The van der Waals surface area contributed by atoms with Crippen molar-refractivity contribution in [1.29, 1.82) is 0 Å². The number of amides is 1. The topological polar surface area (TPSA) is 80.7 Å². The fraction of sp³-hybridized carbons (Fsp3) is 0.382. The molecule has 1 fully saturated rings. The van der Waals surface area contributed by atoms with Crippen LogP contribution in [0.25, 0.3) is 10.7 Å². The molecule has 0 bridgehead atoms. The predicted octanol–water partition coefficient (Wildman–Crippen LogP) is 7.96. The van der Waals surface area contributed by atoms with Crippen molar-refractivity contribution in [3.05, 3.63) is 82.3 Å². The highest BCUT2D eigenvalue weighted by Gasteiger charge is 2.39. The maximum absolute atomic E-state index is 12.4. The highest BCUT2D eigenvalue weighted by molar-refractivity contribution is 9.10. The second kappa shape index (κ2) is 13.0. The average Bonchev–Trinajstić information content (AvgIpc) is 3.21. The Morgan fingerprint density at radius 2 is 1.57 bits per heavy atom. The molecule has 2 heterocycles. The fourth-order valence-corrected chi connectivity index (χ4v) is 7.86. The molecule has 5 rings (SSSR count). The maximum atomic E-state index is 12.4. The molecule has 8 nitrogen and oxygen atoms in total. The van der Waals surface area contributed by atoms with Gasteiger partial charge in [-0.15, -0.1) is 0 Å². The van der Waals surface area contributed by atoms with E-state index in [0.29, 0.717) is 37.0 Å². The first kappa shape index (κ1) is 32.2. The summed E-state index contributed by atoms with van der Waals surface area (Å²) in [6.07, 6.45) is 1.61. The lowest BCUT2D eigenvalue weighted by atomic mass is 10.1. The third-order valence-corrected chi connectivity index (χ3v) is 10.6. The Labute approximate surface area is 270 Å². The van der Waals surface area contributed by atoms with Gasteiger partial charge in [-0.2, -0.15) is 0 Å². The van der Waals surface area contributed by atoms with Crippen LogP contribution in [0.2, 0.25) is 0 Å². The predicted molar refractivity (Wildman–Crippen MR) is 180 cm³/mol. The quantitative estimate of drug-likeness (QED) is 0.258. The first-order chi connectivity index (χ1) is 20.9. The summed E-state index contributed by atoms with van der Waals surface area (Å²) in [6.45, 7) is 11.1. The van der Waals surface area contributed by atoms with E-state index in [9.17, 15) is 9.35 Å². The molecule has 0 aromatic heterocycles. The van der Waals surface area contributed by atoms with Crippen molar-refractivity contribution in [3.63, 3.8) is 0 Å². The molecule has 0 radical (unpaired) electrons. The molecule has 2 atom stereocenters. The molecule has 0 spiro atoms. The summed E-state index contributed by atoms with van der Waals surface area (Å²) in [4.78, 5) is 18.1. The normalized spacial score (nSPS) is 20.9. The van der Waals surface area contributed by atoms with Crippen molar-refractivity contribution < 1.29 is 28.3 Å². The lowest BCUT2D eigenvalue weighted by molar-refractivity contribution is 0.00882. The summed E-state index contributed by atoms with van der Waals surface area (Å²) < 4.78 is 36.5. The van der Waals surface area contributed by atoms with Crippen LogP contribution >= 0.6 is 26.2 Å². The molecule has 0 aliphatic carbocycles. The number of hydrogen-bond donors (Lipinski definition) is 1. The number of fused-ring (bicyclic) bond motifs is 1. The SMILES string of the molecule is COc1ccc2c(c1)S(C)(O)C(c1ccc(Br)cc1)=C2Oc1ccc(OCC(C)N2CCN(C(=O)OC(C)(C)C)CC2)cc1. The zero-order valence-corrected chi connectivity index (χ0v) is 28.5. The molecule has 10 heteroatoms. The highest BCUT2D eigenvalue weighted by Crippen LogP contribution is 2.69. The van der Waals surface area contributed by atoms with Crippen LogP contribution in [0.15, 0.2) is 76.1 Å². The Morgan fingerprint density at radius 1 is 0.955 bits per heavy atom. The van der Waals surface area contributed by atoms with E-state index in [1.165, 1.54) is 0 Å². The minimum Gasteiger partial charge on any atom is -0.497 e. The molecular weight excluding hydrogens is 644 g/mol. The number of carbonyl (C=O) groups excluding carboxylic acids is 1. The number of carbonyl (C=O) groups is 1. The summed E-state index contributed by atoms with van der Waals surface area (Å²) in [5, 5.41) is 0. The van der Waals surface area contributed by atoms with Crippen molar-refractivity contribution in [2.45, 2.75) is 44.2 Å². The fourth-order valence-electron chi connectivity index (χ4n) is 5.34. The van der Waals surface area contributed by atoms with Crippen LogP contribution in [0.3, 0.4) is 0 Å². The van der Waals surface area contributed by atoms with Crippen molar-refractivity contribution >= 4 is 43.0 Å². The van der Waals surface area contributed by atoms with Gasteiger partial charge in [0.25, 0.3) is 0 Å². The van der Waals surface area contributed by atoms with Gasteiger partial charge in [-0.05, 0) is 94.1 Å². The Kier molecular flexibility index (Phi) is 9.55. The number of benzene rings is 3. The van der Waals surface area contributed by atoms with Crippen LogP contribution < -0.4 is 14.2 Å². The van der Waals surface area contributed by atoms with Gasteiger partial charge in [0.05, 0.1) is 12.0 Å².